The number of halogens is 1. The first-order valence-electron chi connectivity index (χ1n) is 13.8. The van der Waals surface area contributed by atoms with Gasteiger partial charge in [0.05, 0.1) is 27.3 Å². The van der Waals surface area contributed by atoms with Crippen LogP contribution in [0.3, 0.4) is 0 Å². The SMILES string of the molecule is Cc1cccc(Cl)c1N1CC=C[C@]23S[C@H]4C=CCN(c5ccccc5)C(=O)[C@H]4[C@H]2C(=O)N(CCCCO)C3C1=O. The number of anilines is 2. The number of benzene rings is 2. The monoisotopic (exact) mass is 577 g/mol. The molecule has 2 aromatic carbocycles. The summed E-state index contributed by atoms with van der Waals surface area (Å²) < 4.78 is -0.897. The molecule has 3 amide bonds. The van der Waals surface area contributed by atoms with Crippen molar-refractivity contribution in [2.75, 3.05) is 36.0 Å². The lowest BCUT2D eigenvalue weighted by Gasteiger charge is -2.35. The highest BCUT2D eigenvalue weighted by molar-refractivity contribution is 8.02. The van der Waals surface area contributed by atoms with E-state index in [2.05, 4.69) is 0 Å². The van der Waals surface area contributed by atoms with Crippen LogP contribution < -0.4 is 9.80 Å². The van der Waals surface area contributed by atoms with Gasteiger partial charge in [-0.25, -0.2) is 0 Å². The van der Waals surface area contributed by atoms with Crippen LogP contribution in [0.5, 0.6) is 0 Å². The maximum Gasteiger partial charge on any atom is 0.251 e. The molecule has 0 aliphatic carbocycles. The van der Waals surface area contributed by atoms with E-state index in [0.717, 1.165) is 11.3 Å². The molecule has 0 saturated carbocycles. The van der Waals surface area contributed by atoms with Gasteiger partial charge in [0.15, 0.2) is 0 Å². The first kappa shape index (κ1) is 27.1. The first-order valence-corrected chi connectivity index (χ1v) is 15.0. The second kappa shape index (κ2) is 10.7. The number of carbonyl (C=O) groups is 3. The topological polar surface area (TPSA) is 81.2 Å². The zero-order valence-electron chi connectivity index (χ0n) is 22.3. The smallest absolute Gasteiger partial charge is 0.251 e. The summed E-state index contributed by atoms with van der Waals surface area (Å²) in [5, 5.41) is 9.68. The van der Waals surface area contributed by atoms with E-state index in [4.69, 9.17) is 11.6 Å². The molecule has 4 heterocycles. The number of thioether (sulfide) groups is 1. The van der Waals surface area contributed by atoms with E-state index in [9.17, 15) is 19.5 Å². The number of carbonyl (C=O) groups excluding carboxylic acids is 3. The van der Waals surface area contributed by atoms with Crippen molar-refractivity contribution in [3.05, 3.63) is 83.4 Å². The van der Waals surface area contributed by atoms with Crippen LogP contribution in [0.25, 0.3) is 0 Å². The van der Waals surface area contributed by atoms with Gasteiger partial charge in [0.25, 0.3) is 5.91 Å². The molecule has 1 spiro atoms. The van der Waals surface area contributed by atoms with Crippen LogP contribution in [-0.4, -0.2) is 70.0 Å². The van der Waals surface area contributed by atoms with E-state index >= 15 is 0 Å². The second-order valence-electron chi connectivity index (χ2n) is 10.8. The number of fused-ring (bicyclic) bond motifs is 2. The molecule has 208 valence electrons. The summed E-state index contributed by atoms with van der Waals surface area (Å²) in [6.45, 7) is 3.02. The molecular formula is C31H32ClN3O4S. The van der Waals surface area contributed by atoms with Crippen molar-refractivity contribution >= 4 is 52.5 Å². The normalized spacial score (nSPS) is 29.4. The summed E-state index contributed by atoms with van der Waals surface area (Å²) in [4.78, 5) is 48.3. The summed E-state index contributed by atoms with van der Waals surface area (Å²) in [5.74, 6) is -1.75. The van der Waals surface area contributed by atoms with Gasteiger partial charge < -0.3 is 19.8 Å². The molecule has 7 nitrogen and oxygen atoms in total. The Morgan fingerprint density at radius 1 is 0.950 bits per heavy atom. The lowest BCUT2D eigenvalue weighted by atomic mass is 9.78. The van der Waals surface area contributed by atoms with E-state index in [0.29, 0.717) is 43.2 Å². The number of rotatable bonds is 6. The first-order chi connectivity index (χ1) is 19.4. The van der Waals surface area contributed by atoms with Crippen LogP contribution in [0.4, 0.5) is 11.4 Å². The fourth-order valence-electron chi connectivity index (χ4n) is 6.78. The van der Waals surface area contributed by atoms with Crippen LogP contribution in [-0.2, 0) is 14.4 Å². The lowest BCUT2D eigenvalue weighted by Crippen LogP contribution is -2.53. The van der Waals surface area contributed by atoms with Crippen molar-refractivity contribution in [3.8, 4) is 0 Å². The van der Waals surface area contributed by atoms with Crippen molar-refractivity contribution in [3.63, 3.8) is 0 Å². The van der Waals surface area contributed by atoms with Gasteiger partial charge >= 0.3 is 0 Å². The minimum atomic E-state index is -0.897. The van der Waals surface area contributed by atoms with Gasteiger partial charge in [-0.1, -0.05) is 66.2 Å². The molecular weight excluding hydrogens is 546 g/mol. The number of hydrogen-bond acceptors (Lipinski definition) is 5. The van der Waals surface area contributed by atoms with Crippen LogP contribution in [0.15, 0.2) is 72.8 Å². The van der Waals surface area contributed by atoms with Gasteiger partial charge in [-0.3, -0.25) is 14.4 Å². The van der Waals surface area contributed by atoms with E-state index in [1.165, 1.54) is 0 Å². The van der Waals surface area contributed by atoms with Gasteiger partial charge in [-0.15, -0.1) is 11.8 Å². The molecule has 0 bridgehead atoms. The minimum absolute atomic E-state index is 0.00876. The summed E-state index contributed by atoms with van der Waals surface area (Å²) in [5.41, 5.74) is 2.31. The molecule has 4 aliphatic heterocycles. The number of para-hydroxylation sites is 2. The van der Waals surface area contributed by atoms with Crippen LogP contribution in [0.2, 0.25) is 5.02 Å². The zero-order chi connectivity index (χ0) is 28.0. The van der Waals surface area contributed by atoms with E-state index in [1.807, 2.05) is 73.7 Å². The third-order valence-corrected chi connectivity index (χ3v) is 10.5. The van der Waals surface area contributed by atoms with Crippen LogP contribution >= 0.6 is 23.4 Å². The zero-order valence-corrected chi connectivity index (χ0v) is 23.9. The van der Waals surface area contributed by atoms with Gasteiger partial charge in [0.2, 0.25) is 11.8 Å². The minimum Gasteiger partial charge on any atom is -0.396 e. The van der Waals surface area contributed by atoms with Crippen molar-refractivity contribution < 1.29 is 19.5 Å². The summed E-state index contributed by atoms with van der Waals surface area (Å²) in [6.07, 6.45) is 9.10. The molecule has 5 atom stereocenters. The second-order valence-corrected chi connectivity index (χ2v) is 12.7. The van der Waals surface area contributed by atoms with Crippen molar-refractivity contribution in [2.24, 2.45) is 11.8 Å². The summed E-state index contributed by atoms with van der Waals surface area (Å²) in [7, 11) is 0. The Balaban J connectivity index is 1.44. The Hall–Kier alpha value is -3.07. The molecule has 1 unspecified atom stereocenters. The van der Waals surface area contributed by atoms with Gasteiger partial charge in [-0.05, 0) is 43.5 Å². The largest absolute Gasteiger partial charge is 0.396 e. The molecule has 2 saturated heterocycles. The number of amides is 3. The molecule has 2 fully saturated rings. The maximum absolute atomic E-state index is 14.6. The Bertz CT molecular complexity index is 1380. The Kier molecular flexibility index (Phi) is 7.27. The molecule has 9 heteroatoms. The van der Waals surface area contributed by atoms with E-state index in [1.54, 1.807) is 32.5 Å². The van der Waals surface area contributed by atoms with Gasteiger partial charge in [0, 0.05) is 37.2 Å². The van der Waals surface area contributed by atoms with Crippen LogP contribution in [0, 0.1) is 18.8 Å². The third-order valence-electron chi connectivity index (χ3n) is 8.49. The molecule has 1 N–H and O–H groups in total. The molecule has 40 heavy (non-hydrogen) atoms. The fraction of sp³-hybridized carbons (Fsp3) is 0.387. The standard InChI is InChI=1S/C31H32ClN3O4S/c1-20-10-7-13-22(32)26(20)34-18-9-15-31-25(29(38)35(16-5-6-19-36)27(31)30(34)39)24-23(40-31)14-8-17-33(28(24)37)21-11-3-2-4-12-21/h2-4,7-15,23-25,27,36H,5-6,16-19H2,1H3/t23-,24+,25-,27?,31-/m0/s1. The molecule has 0 aromatic heterocycles. The molecule has 2 aromatic rings. The van der Waals surface area contributed by atoms with E-state index < -0.39 is 22.6 Å². The Morgan fingerprint density at radius 2 is 1.73 bits per heavy atom. The van der Waals surface area contributed by atoms with Crippen LogP contribution in [0.1, 0.15) is 18.4 Å². The average molecular weight is 578 g/mol. The Labute approximate surface area is 243 Å². The Morgan fingerprint density at radius 3 is 2.48 bits per heavy atom. The third kappa shape index (κ3) is 4.19. The number of hydrogen-bond donors (Lipinski definition) is 1. The van der Waals surface area contributed by atoms with Crippen molar-refractivity contribution in [1.82, 2.24) is 4.90 Å². The molecule has 0 radical (unpaired) electrons. The highest BCUT2D eigenvalue weighted by Gasteiger charge is 2.71. The van der Waals surface area contributed by atoms with Crippen molar-refractivity contribution in [2.45, 2.75) is 35.8 Å². The quantitative estimate of drug-likeness (QED) is 0.411. The highest BCUT2D eigenvalue weighted by Crippen LogP contribution is 2.61. The molecule has 4 aliphatic rings. The summed E-state index contributed by atoms with van der Waals surface area (Å²) in [6, 6.07) is 14.3. The van der Waals surface area contributed by atoms with Crippen molar-refractivity contribution in [1.29, 1.82) is 0 Å². The summed E-state index contributed by atoms with van der Waals surface area (Å²) >= 11 is 8.19. The molecule has 6 rings (SSSR count). The van der Waals surface area contributed by atoms with E-state index in [-0.39, 0.29) is 29.6 Å². The number of aliphatic hydroxyl groups is 1. The maximum atomic E-state index is 14.6. The fourth-order valence-corrected chi connectivity index (χ4v) is 9.11. The predicted molar refractivity (Wildman–Crippen MR) is 159 cm³/mol. The van der Waals surface area contributed by atoms with Gasteiger partial charge in [0.1, 0.15) is 6.04 Å². The predicted octanol–water partition coefficient (Wildman–Crippen LogP) is 4.22. The number of likely N-dealkylation sites (tertiary alicyclic amines) is 1. The highest BCUT2D eigenvalue weighted by atomic mass is 35.5. The number of nitrogens with zero attached hydrogens (tertiary/aromatic N) is 3. The average Bonchev–Trinajstić information content (AvgIpc) is 3.25. The number of aliphatic hydroxyl groups excluding tert-OH is 1. The van der Waals surface area contributed by atoms with Gasteiger partial charge in [-0.2, -0.15) is 0 Å². The lowest BCUT2D eigenvalue weighted by molar-refractivity contribution is -0.138. The number of unbranched alkanes of at least 4 members (excludes halogenated alkanes) is 1. The number of aryl methyl sites for hydroxylation is 1.